The highest BCUT2D eigenvalue weighted by molar-refractivity contribution is 6.18. The van der Waals surface area contributed by atoms with Gasteiger partial charge in [0.1, 0.15) is 12.3 Å². The maximum atomic E-state index is 13.3. The van der Waals surface area contributed by atoms with Gasteiger partial charge in [-0.2, -0.15) is 0 Å². The molecule has 8 nitrogen and oxygen atoms in total. The number of fused-ring (bicyclic) bond motifs is 1. The Bertz CT molecular complexity index is 1270. The molecule has 2 amide bonds. The summed E-state index contributed by atoms with van der Waals surface area (Å²) < 4.78 is 15.8. The van der Waals surface area contributed by atoms with Gasteiger partial charge in [0.15, 0.2) is 11.5 Å². The summed E-state index contributed by atoms with van der Waals surface area (Å²) in [5.74, 6) is 1.59. The number of ether oxygens (including phenoxy) is 3. The Kier molecular flexibility index (Phi) is 7.85. The molecule has 0 spiro atoms. The smallest absolute Gasteiger partial charge is 0.240 e. The molecule has 3 aromatic rings. The van der Waals surface area contributed by atoms with Gasteiger partial charge in [0, 0.05) is 6.54 Å². The summed E-state index contributed by atoms with van der Waals surface area (Å²) >= 11 is 0. The van der Waals surface area contributed by atoms with Gasteiger partial charge < -0.3 is 24.4 Å². The summed E-state index contributed by atoms with van der Waals surface area (Å²) in [6, 6.07) is 20.4. The Morgan fingerprint density at radius 2 is 1.69 bits per heavy atom. The third-order valence-corrected chi connectivity index (χ3v) is 5.96. The quantitative estimate of drug-likeness (QED) is 0.494. The van der Waals surface area contributed by atoms with E-state index in [0.717, 1.165) is 16.9 Å². The SMILES string of the molecule is COc1ccc(C2=Nc3ccccc3N(CC(=O)NCCc3ccc(OC)c(OC)c3)C(=O)C2)cc1. The molecule has 1 heterocycles. The zero-order chi connectivity index (χ0) is 25.5. The zero-order valence-corrected chi connectivity index (χ0v) is 20.6. The second kappa shape index (κ2) is 11.4. The maximum Gasteiger partial charge on any atom is 0.240 e. The first-order valence-electron chi connectivity index (χ1n) is 11.6. The average molecular weight is 488 g/mol. The summed E-state index contributed by atoms with van der Waals surface area (Å²) in [6.45, 7) is 0.332. The van der Waals surface area contributed by atoms with Crippen molar-refractivity contribution >= 4 is 28.9 Å². The third-order valence-electron chi connectivity index (χ3n) is 5.96. The van der Waals surface area contributed by atoms with Gasteiger partial charge >= 0.3 is 0 Å². The lowest BCUT2D eigenvalue weighted by atomic mass is 10.1. The number of nitrogens with zero attached hydrogens (tertiary/aromatic N) is 2. The molecule has 0 bridgehead atoms. The number of carbonyl (C=O) groups is 2. The van der Waals surface area contributed by atoms with E-state index in [9.17, 15) is 9.59 Å². The average Bonchev–Trinajstić information content (AvgIpc) is 3.04. The van der Waals surface area contributed by atoms with E-state index in [4.69, 9.17) is 19.2 Å². The van der Waals surface area contributed by atoms with Gasteiger partial charge in [-0.25, -0.2) is 0 Å². The molecule has 1 aliphatic rings. The number of carbonyl (C=O) groups excluding carboxylic acids is 2. The standard InChI is InChI=1S/C28H29N3O5/c1-34-21-11-9-20(10-12-21)23-17-28(33)31(24-7-5-4-6-22(24)30-23)18-27(32)29-15-14-19-8-13-25(35-2)26(16-19)36-3/h4-13,16H,14-15,17-18H2,1-3H3,(H,29,32). The second-order valence-electron chi connectivity index (χ2n) is 8.22. The van der Waals surface area contributed by atoms with Crippen LogP contribution in [0.2, 0.25) is 0 Å². The highest BCUT2D eigenvalue weighted by Gasteiger charge is 2.26. The van der Waals surface area contributed by atoms with Crippen LogP contribution in [-0.4, -0.2) is 51.9 Å². The first-order valence-corrected chi connectivity index (χ1v) is 11.6. The Labute approximate surface area is 210 Å². The van der Waals surface area contributed by atoms with E-state index < -0.39 is 0 Å². The molecule has 0 saturated carbocycles. The molecule has 3 aromatic carbocycles. The van der Waals surface area contributed by atoms with E-state index in [2.05, 4.69) is 5.32 Å². The number of benzene rings is 3. The van der Waals surface area contributed by atoms with Gasteiger partial charge in [-0.05, 0) is 66.1 Å². The van der Waals surface area contributed by atoms with Crippen molar-refractivity contribution in [1.82, 2.24) is 5.32 Å². The number of hydrogen-bond donors (Lipinski definition) is 1. The predicted octanol–water partition coefficient (Wildman–Crippen LogP) is 3.93. The van der Waals surface area contributed by atoms with Gasteiger partial charge in [0.2, 0.25) is 11.8 Å². The molecule has 0 radical (unpaired) electrons. The normalized spacial score (nSPS) is 12.8. The fourth-order valence-electron chi connectivity index (χ4n) is 4.05. The molecule has 186 valence electrons. The Morgan fingerprint density at radius 3 is 2.42 bits per heavy atom. The van der Waals surface area contributed by atoms with Crippen molar-refractivity contribution in [3.8, 4) is 17.2 Å². The molecule has 0 unspecified atom stereocenters. The Hall–Kier alpha value is -4.33. The van der Waals surface area contributed by atoms with Crippen LogP contribution >= 0.6 is 0 Å². The Balaban J connectivity index is 1.43. The fraction of sp³-hybridized carbons (Fsp3) is 0.250. The summed E-state index contributed by atoms with van der Waals surface area (Å²) in [4.78, 5) is 32.3. The van der Waals surface area contributed by atoms with E-state index >= 15 is 0 Å². The van der Waals surface area contributed by atoms with Crippen LogP contribution < -0.4 is 24.4 Å². The molecule has 0 aromatic heterocycles. The van der Waals surface area contributed by atoms with Crippen LogP contribution in [0.15, 0.2) is 71.7 Å². The van der Waals surface area contributed by atoms with Crippen molar-refractivity contribution in [3.63, 3.8) is 0 Å². The summed E-state index contributed by atoms with van der Waals surface area (Å²) in [6.07, 6.45) is 0.696. The molecule has 0 atom stereocenters. The summed E-state index contributed by atoms with van der Waals surface area (Å²) in [5, 5.41) is 2.92. The van der Waals surface area contributed by atoms with Gasteiger partial charge in [-0.15, -0.1) is 0 Å². The second-order valence-corrected chi connectivity index (χ2v) is 8.22. The van der Waals surface area contributed by atoms with Gasteiger partial charge in [0.25, 0.3) is 0 Å². The molecule has 4 rings (SSSR count). The molecule has 1 aliphatic heterocycles. The fourth-order valence-corrected chi connectivity index (χ4v) is 4.05. The van der Waals surface area contributed by atoms with Gasteiger partial charge in [-0.3, -0.25) is 14.6 Å². The number of amides is 2. The summed E-state index contributed by atoms with van der Waals surface area (Å²) in [5.41, 5.74) is 3.74. The van der Waals surface area contributed by atoms with Crippen LogP contribution in [0.5, 0.6) is 17.2 Å². The lowest BCUT2D eigenvalue weighted by molar-refractivity contribution is -0.123. The van der Waals surface area contributed by atoms with Crippen LogP contribution in [0, 0.1) is 0 Å². The van der Waals surface area contributed by atoms with E-state index in [1.54, 1.807) is 21.3 Å². The van der Waals surface area contributed by atoms with E-state index in [-0.39, 0.29) is 24.8 Å². The molecule has 36 heavy (non-hydrogen) atoms. The predicted molar refractivity (Wildman–Crippen MR) is 139 cm³/mol. The minimum absolute atomic E-state index is 0.0833. The summed E-state index contributed by atoms with van der Waals surface area (Å²) in [7, 11) is 4.78. The molecular formula is C28H29N3O5. The van der Waals surface area contributed by atoms with Gasteiger partial charge in [-0.1, -0.05) is 18.2 Å². The molecule has 0 aliphatic carbocycles. The van der Waals surface area contributed by atoms with E-state index in [1.807, 2.05) is 66.7 Å². The minimum Gasteiger partial charge on any atom is -0.497 e. The number of methoxy groups -OCH3 is 3. The highest BCUT2D eigenvalue weighted by atomic mass is 16.5. The lowest BCUT2D eigenvalue weighted by Crippen LogP contribution is -2.41. The molecular weight excluding hydrogens is 458 g/mol. The molecule has 0 fully saturated rings. The van der Waals surface area contributed by atoms with Crippen LogP contribution in [0.1, 0.15) is 17.5 Å². The largest absolute Gasteiger partial charge is 0.497 e. The lowest BCUT2D eigenvalue weighted by Gasteiger charge is -2.22. The number of aliphatic imine (C=N–C) groups is 1. The third kappa shape index (κ3) is 5.66. The van der Waals surface area contributed by atoms with Crippen molar-refractivity contribution in [2.75, 3.05) is 39.3 Å². The van der Waals surface area contributed by atoms with Crippen LogP contribution in [0.4, 0.5) is 11.4 Å². The monoisotopic (exact) mass is 487 g/mol. The van der Waals surface area contributed by atoms with Crippen LogP contribution in [0.25, 0.3) is 0 Å². The van der Waals surface area contributed by atoms with Crippen molar-refractivity contribution in [2.24, 2.45) is 4.99 Å². The number of anilines is 1. The van der Waals surface area contributed by atoms with Crippen LogP contribution in [-0.2, 0) is 16.0 Å². The van der Waals surface area contributed by atoms with Crippen molar-refractivity contribution in [2.45, 2.75) is 12.8 Å². The molecule has 8 heteroatoms. The zero-order valence-electron chi connectivity index (χ0n) is 20.6. The minimum atomic E-state index is -0.244. The van der Waals surface area contributed by atoms with Crippen molar-refractivity contribution in [3.05, 3.63) is 77.9 Å². The van der Waals surface area contributed by atoms with Crippen molar-refractivity contribution < 1.29 is 23.8 Å². The van der Waals surface area contributed by atoms with Crippen LogP contribution in [0.3, 0.4) is 0 Å². The number of rotatable bonds is 9. The molecule has 0 saturated heterocycles. The number of hydrogen-bond acceptors (Lipinski definition) is 6. The van der Waals surface area contributed by atoms with Crippen molar-refractivity contribution in [1.29, 1.82) is 0 Å². The van der Waals surface area contributed by atoms with E-state index in [1.165, 1.54) is 4.90 Å². The first-order chi connectivity index (χ1) is 17.5. The topological polar surface area (TPSA) is 89.5 Å². The number of nitrogens with one attached hydrogen (secondary N) is 1. The number of para-hydroxylation sites is 2. The van der Waals surface area contributed by atoms with E-state index in [0.29, 0.717) is 41.6 Å². The highest BCUT2D eigenvalue weighted by Crippen LogP contribution is 2.33. The maximum absolute atomic E-state index is 13.3. The van der Waals surface area contributed by atoms with Gasteiger partial charge in [0.05, 0.1) is 44.8 Å². The first kappa shape index (κ1) is 24.8. The molecule has 1 N–H and O–H groups in total. The Morgan fingerprint density at radius 1 is 0.944 bits per heavy atom.